The van der Waals surface area contributed by atoms with Crippen LogP contribution in [0.1, 0.15) is 16.8 Å². The van der Waals surface area contributed by atoms with Crippen LogP contribution in [-0.2, 0) is 10.0 Å². The summed E-state index contributed by atoms with van der Waals surface area (Å²) in [6, 6.07) is 3.43. The van der Waals surface area contributed by atoms with Gasteiger partial charge in [-0.05, 0) is 18.6 Å². The van der Waals surface area contributed by atoms with Gasteiger partial charge in [0.2, 0.25) is 10.0 Å². The Bertz CT molecular complexity index is 545. The predicted octanol–water partition coefficient (Wildman–Crippen LogP) is 0.189. The monoisotopic (exact) mass is 283 g/mol. The van der Waals surface area contributed by atoms with Gasteiger partial charge in [0.1, 0.15) is 0 Å². The Kier molecular flexibility index (Phi) is 4.16. The Hall–Kier alpha value is -1.47. The van der Waals surface area contributed by atoms with Gasteiger partial charge in [0, 0.05) is 38.6 Å². The minimum atomic E-state index is -3.18. The maximum Gasteiger partial charge on any atom is 0.255 e. The first-order chi connectivity index (χ1) is 8.98. The fourth-order valence-electron chi connectivity index (χ4n) is 2.10. The van der Waals surface area contributed by atoms with Crippen molar-refractivity contribution in [3.8, 4) is 0 Å². The third kappa shape index (κ3) is 3.51. The molecule has 1 aromatic rings. The van der Waals surface area contributed by atoms with E-state index in [0.717, 1.165) is 0 Å². The molecular weight excluding hydrogens is 266 g/mol. The highest BCUT2D eigenvalue weighted by molar-refractivity contribution is 7.88. The lowest BCUT2D eigenvalue weighted by Crippen LogP contribution is -2.36. The fourth-order valence-corrected chi connectivity index (χ4v) is 2.97. The number of rotatable bonds is 2. The summed E-state index contributed by atoms with van der Waals surface area (Å²) < 4.78 is 24.4. The summed E-state index contributed by atoms with van der Waals surface area (Å²) in [6.07, 6.45) is 5.00. The molecule has 19 heavy (non-hydrogen) atoms. The predicted molar refractivity (Wildman–Crippen MR) is 71.2 cm³/mol. The average molecular weight is 283 g/mol. The molecule has 2 heterocycles. The van der Waals surface area contributed by atoms with Crippen molar-refractivity contribution in [1.82, 2.24) is 14.2 Å². The molecule has 0 saturated carbocycles. The molecule has 104 valence electrons. The number of aromatic nitrogens is 1. The normalized spacial score (nSPS) is 18.1. The van der Waals surface area contributed by atoms with E-state index in [4.69, 9.17) is 0 Å². The van der Waals surface area contributed by atoms with E-state index in [0.29, 0.717) is 38.2 Å². The van der Waals surface area contributed by atoms with Crippen LogP contribution in [0.4, 0.5) is 0 Å². The molecule has 1 aliphatic rings. The molecule has 2 rings (SSSR count). The summed E-state index contributed by atoms with van der Waals surface area (Å²) >= 11 is 0. The van der Waals surface area contributed by atoms with Gasteiger partial charge in [-0.2, -0.15) is 0 Å². The van der Waals surface area contributed by atoms with Gasteiger partial charge in [-0.15, -0.1) is 0 Å². The van der Waals surface area contributed by atoms with Gasteiger partial charge >= 0.3 is 0 Å². The molecule has 0 unspecified atom stereocenters. The van der Waals surface area contributed by atoms with Crippen LogP contribution in [0.5, 0.6) is 0 Å². The Balaban J connectivity index is 2.06. The molecule has 0 N–H and O–H groups in total. The zero-order valence-electron chi connectivity index (χ0n) is 10.8. The molecule has 1 aliphatic heterocycles. The molecule has 1 amide bonds. The molecule has 1 saturated heterocycles. The summed E-state index contributed by atoms with van der Waals surface area (Å²) in [4.78, 5) is 17.8. The van der Waals surface area contributed by atoms with Gasteiger partial charge < -0.3 is 4.90 Å². The Labute approximate surface area is 113 Å². The molecule has 0 aromatic carbocycles. The lowest BCUT2D eigenvalue weighted by molar-refractivity contribution is 0.0764. The molecule has 0 atom stereocenters. The maximum atomic E-state index is 12.2. The van der Waals surface area contributed by atoms with E-state index in [-0.39, 0.29) is 5.91 Å². The van der Waals surface area contributed by atoms with Gasteiger partial charge in [0.05, 0.1) is 11.8 Å². The topological polar surface area (TPSA) is 70.6 Å². The highest BCUT2D eigenvalue weighted by Gasteiger charge is 2.24. The third-order valence-electron chi connectivity index (χ3n) is 3.12. The fraction of sp³-hybridized carbons (Fsp3) is 0.500. The van der Waals surface area contributed by atoms with Crippen molar-refractivity contribution in [3.05, 3.63) is 30.1 Å². The van der Waals surface area contributed by atoms with E-state index in [1.807, 2.05) is 0 Å². The van der Waals surface area contributed by atoms with Crippen molar-refractivity contribution in [3.63, 3.8) is 0 Å². The largest absolute Gasteiger partial charge is 0.337 e. The van der Waals surface area contributed by atoms with E-state index < -0.39 is 10.0 Å². The zero-order chi connectivity index (χ0) is 13.9. The van der Waals surface area contributed by atoms with Crippen LogP contribution in [0, 0.1) is 0 Å². The maximum absolute atomic E-state index is 12.2. The van der Waals surface area contributed by atoms with Crippen LogP contribution >= 0.6 is 0 Å². The smallest absolute Gasteiger partial charge is 0.255 e. The quantitative estimate of drug-likeness (QED) is 0.777. The van der Waals surface area contributed by atoms with Crippen molar-refractivity contribution in [2.75, 3.05) is 32.4 Å². The molecule has 1 fully saturated rings. The lowest BCUT2D eigenvalue weighted by Gasteiger charge is -2.20. The summed E-state index contributed by atoms with van der Waals surface area (Å²) in [5.41, 5.74) is 0.537. The highest BCUT2D eigenvalue weighted by Crippen LogP contribution is 2.10. The Morgan fingerprint density at radius 1 is 1.26 bits per heavy atom. The number of carbonyl (C=O) groups excluding carboxylic acids is 1. The van der Waals surface area contributed by atoms with Crippen molar-refractivity contribution >= 4 is 15.9 Å². The summed E-state index contributed by atoms with van der Waals surface area (Å²) in [6.45, 7) is 1.81. The minimum Gasteiger partial charge on any atom is -0.337 e. The first-order valence-electron chi connectivity index (χ1n) is 6.13. The van der Waals surface area contributed by atoms with E-state index >= 15 is 0 Å². The highest BCUT2D eigenvalue weighted by atomic mass is 32.2. The van der Waals surface area contributed by atoms with E-state index in [2.05, 4.69) is 4.98 Å². The summed E-state index contributed by atoms with van der Waals surface area (Å²) in [5.74, 6) is -0.0940. The van der Waals surface area contributed by atoms with Crippen LogP contribution in [-0.4, -0.2) is 60.9 Å². The first-order valence-corrected chi connectivity index (χ1v) is 7.98. The van der Waals surface area contributed by atoms with E-state index in [9.17, 15) is 13.2 Å². The van der Waals surface area contributed by atoms with Crippen molar-refractivity contribution in [2.45, 2.75) is 6.42 Å². The molecule has 1 aromatic heterocycles. The van der Waals surface area contributed by atoms with Crippen LogP contribution in [0.25, 0.3) is 0 Å². The second kappa shape index (κ2) is 5.66. The number of pyridine rings is 1. The number of sulfonamides is 1. The minimum absolute atomic E-state index is 0.0940. The van der Waals surface area contributed by atoms with Gasteiger partial charge in [-0.25, -0.2) is 12.7 Å². The SMILES string of the molecule is CS(=O)(=O)N1CCCN(C(=O)c2cccnc2)CC1. The number of nitrogens with zero attached hydrogens (tertiary/aromatic N) is 3. The van der Waals surface area contributed by atoms with Crippen LogP contribution in [0.2, 0.25) is 0 Å². The van der Waals surface area contributed by atoms with E-state index in [1.165, 1.54) is 16.8 Å². The lowest BCUT2D eigenvalue weighted by atomic mass is 10.2. The van der Waals surface area contributed by atoms with Crippen LogP contribution < -0.4 is 0 Å². The standard InChI is InChI=1S/C12H17N3O3S/c1-19(17,18)15-7-3-6-14(8-9-15)12(16)11-4-2-5-13-10-11/h2,4-5,10H,3,6-9H2,1H3. The molecular formula is C12H17N3O3S. The Morgan fingerprint density at radius 2 is 2.05 bits per heavy atom. The number of hydrogen-bond donors (Lipinski definition) is 0. The van der Waals surface area contributed by atoms with Gasteiger partial charge in [-0.3, -0.25) is 9.78 Å². The first kappa shape index (κ1) is 14.0. The van der Waals surface area contributed by atoms with Crippen LogP contribution in [0.3, 0.4) is 0 Å². The van der Waals surface area contributed by atoms with Crippen molar-refractivity contribution in [2.24, 2.45) is 0 Å². The third-order valence-corrected chi connectivity index (χ3v) is 4.42. The average Bonchev–Trinajstić information content (AvgIpc) is 2.64. The second-order valence-electron chi connectivity index (χ2n) is 4.55. The molecule has 0 aliphatic carbocycles. The summed E-state index contributed by atoms with van der Waals surface area (Å²) in [5, 5.41) is 0. The number of hydrogen-bond acceptors (Lipinski definition) is 4. The molecule has 0 spiro atoms. The molecule has 0 bridgehead atoms. The van der Waals surface area contributed by atoms with E-state index in [1.54, 1.807) is 23.2 Å². The molecule has 0 radical (unpaired) electrons. The van der Waals surface area contributed by atoms with Crippen molar-refractivity contribution < 1.29 is 13.2 Å². The van der Waals surface area contributed by atoms with Gasteiger partial charge in [0.25, 0.3) is 5.91 Å². The number of carbonyl (C=O) groups is 1. The molecule has 6 nitrogen and oxygen atoms in total. The summed E-state index contributed by atoms with van der Waals surface area (Å²) in [7, 11) is -3.18. The molecule has 7 heteroatoms. The number of amides is 1. The van der Waals surface area contributed by atoms with Gasteiger partial charge in [-0.1, -0.05) is 0 Å². The van der Waals surface area contributed by atoms with Gasteiger partial charge in [0.15, 0.2) is 0 Å². The van der Waals surface area contributed by atoms with Crippen LogP contribution in [0.15, 0.2) is 24.5 Å². The zero-order valence-corrected chi connectivity index (χ0v) is 11.6. The van der Waals surface area contributed by atoms with Crippen molar-refractivity contribution in [1.29, 1.82) is 0 Å². The Morgan fingerprint density at radius 3 is 2.68 bits per heavy atom. The second-order valence-corrected chi connectivity index (χ2v) is 6.53.